The van der Waals surface area contributed by atoms with E-state index in [1.54, 1.807) is 24.3 Å². The summed E-state index contributed by atoms with van der Waals surface area (Å²) < 4.78 is 0. The number of rotatable bonds is 6. The SMILES string of the molecule is CC(=NNC(=O)c1ccc(NC(=O)c2ccc(C(C)(C)C)cc2)cc1)c1ccc(-c2ccccc2)cc1. The quantitative estimate of drug-likeness (QED) is 0.225. The van der Waals surface area contributed by atoms with Crippen LogP contribution in [0.3, 0.4) is 0 Å². The Labute approximate surface area is 218 Å². The van der Waals surface area contributed by atoms with Gasteiger partial charge in [0.2, 0.25) is 0 Å². The van der Waals surface area contributed by atoms with Crippen molar-refractivity contribution in [2.45, 2.75) is 33.1 Å². The average Bonchev–Trinajstić information content (AvgIpc) is 2.92. The van der Waals surface area contributed by atoms with E-state index in [-0.39, 0.29) is 17.2 Å². The Hall–Kier alpha value is -4.51. The first-order chi connectivity index (χ1) is 17.7. The number of nitrogens with zero attached hydrogens (tertiary/aromatic N) is 1. The van der Waals surface area contributed by atoms with E-state index in [4.69, 9.17) is 0 Å². The predicted molar refractivity (Wildman–Crippen MR) is 151 cm³/mol. The number of anilines is 1. The van der Waals surface area contributed by atoms with E-state index in [0.717, 1.165) is 16.7 Å². The van der Waals surface area contributed by atoms with Crippen molar-refractivity contribution in [1.29, 1.82) is 0 Å². The fraction of sp³-hybridized carbons (Fsp3) is 0.156. The van der Waals surface area contributed by atoms with Crippen LogP contribution in [-0.2, 0) is 5.41 Å². The molecule has 0 aliphatic rings. The molecule has 2 amide bonds. The number of nitrogens with one attached hydrogen (secondary N) is 2. The van der Waals surface area contributed by atoms with Gasteiger partial charge in [-0.05, 0) is 71.0 Å². The van der Waals surface area contributed by atoms with Gasteiger partial charge in [-0.1, -0.05) is 87.5 Å². The fourth-order valence-electron chi connectivity index (χ4n) is 3.83. The molecule has 186 valence electrons. The van der Waals surface area contributed by atoms with Crippen molar-refractivity contribution < 1.29 is 9.59 Å². The molecule has 0 aromatic heterocycles. The van der Waals surface area contributed by atoms with Gasteiger partial charge < -0.3 is 5.32 Å². The van der Waals surface area contributed by atoms with Crippen LogP contribution < -0.4 is 10.7 Å². The molecule has 0 radical (unpaired) electrons. The summed E-state index contributed by atoms with van der Waals surface area (Å²) in [6.07, 6.45) is 0. The van der Waals surface area contributed by atoms with Gasteiger partial charge in [0, 0.05) is 16.8 Å². The largest absolute Gasteiger partial charge is 0.322 e. The normalized spacial score (nSPS) is 11.6. The van der Waals surface area contributed by atoms with Gasteiger partial charge in [-0.2, -0.15) is 5.10 Å². The van der Waals surface area contributed by atoms with Gasteiger partial charge in [-0.3, -0.25) is 9.59 Å². The number of hydrazone groups is 1. The Balaban J connectivity index is 1.34. The van der Waals surface area contributed by atoms with Crippen LogP contribution in [0, 0.1) is 0 Å². The Morgan fingerprint density at radius 2 is 1.14 bits per heavy atom. The number of amides is 2. The highest BCUT2D eigenvalue weighted by molar-refractivity contribution is 6.05. The van der Waals surface area contributed by atoms with Crippen LogP contribution in [0.1, 0.15) is 59.5 Å². The predicted octanol–water partition coefficient (Wildman–Crippen LogP) is 7.06. The van der Waals surface area contributed by atoms with Crippen molar-refractivity contribution >= 4 is 23.2 Å². The summed E-state index contributed by atoms with van der Waals surface area (Å²) in [4.78, 5) is 25.2. The first-order valence-electron chi connectivity index (χ1n) is 12.2. The summed E-state index contributed by atoms with van der Waals surface area (Å²) in [5.74, 6) is -0.521. The summed E-state index contributed by atoms with van der Waals surface area (Å²) >= 11 is 0. The molecule has 2 N–H and O–H groups in total. The lowest BCUT2D eigenvalue weighted by Crippen LogP contribution is -2.19. The highest BCUT2D eigenvalue weighted by atomic mass is 16.2. The summed E-state index contributed by atoms with van der Waals surface area (Å²) in [6.45, 7) is 8.26. The molecule has 0 atom stereocenters. The van der Waals surface area contributed by atoms with E-state index in [1.807, 2.05) is 73.7 Å². The second kappa shape index (κ2) is 11.0. The zero-order valence-electron chi connectivity index (χ0n) is 21.6. The molecule has 4 aromatic rings. The van der Waals surface area contributed by atoms with Crippen LogP contribution in [-0.4, -0.2) is 17.5 Å². The monoisotopic (exact) mass is 489 g/mol. The molecule has 0 saturated heterocycles. The number of carbonyl (C=O) groups excluding carboxylic acids is 2. The van der Waals surface area contributed by atoms with Gasteiger partial charge in [0.1, 0.15) is 0 Å². The van der Waals surface area contributed by atoms with E-state index >= 15 is 0 Å². The molecule has 0 bridgehead atoms. The Bertz CT molecular complexity index is 1400. The fourth-order valence-corrected chi connectivity index (χ4v) is 3.83. The molecule has 0 spiro atoms. The maximum atomic E-state index is 12.6. The smallest absolute Gasteiger partial charge is 0.271 e. The van der Waals surface area contributed by atoms with Crippen LogP contribution in [0.4, 0.5) is 5.69 Å². The molecule has 0 aliphatic heterocycles. The van der Waals surface area contributed by atoms with Gasteiger partial charge in [-0.25, -0.2) is 5.43 Å². The zero-order valence-corrected chi connectivity index (χ0v) is 21.6. The van der Waals surface area contributed by atoms with Gasteiger partial charge in [0.15, 0.2) is 0 Å². The topological polar surface area (TPSA) is 70.6 Å². The Morgan fingerprint density at radius 3 is 1.73 bits per heavy atom. The molecular weight excluding hydrogens is 458 g/mol. The molecule has 0 fully saturated rings. The minimum atomic E-state index is -0.323. The van der Waals surface area contributed by atoms with Crippen LogP contribution >= 0.6 is 0 Å². The molecule has 5 heteroatoms. The maximum Gasteiger partial charge on any atom is 0.271 e. The van der Waals surface area contributed by atoms with E-state index in [9.17, 15) is 9.59 Å². The van der Waals surface area contributed by atoms with Crippen LogP contribution in [0.25, 0.3) is 11.1 Å². The van der Waals surface area contributed by atoms with E-state index in [1.165, 1.54) is 5.56 Å². The molecule has 37 heavy (non-hydrogen) atoms. The number of carbonyl (C=O) groups is 2. The van der Waals surface area contributed by atoms with Crippen molar-refractivity contribution in [2.75, 3.05) is 5.32 Å². The van der Waals surface area contributed by atoms with Crippen molar-refractivity contribution in [3.63, 3.8) is 0 Å². The number of benzene rings is 4. The lowest BCUT2D eigenvalue weighted by molar-refractivity contribution is 0.0954. The second-order valence-corrected chi connectivity index (χ2v) is 9.94. The van der Waals surface area contributed by atoms with Crippen molar-refractivity contribution in [3.05, 3.63) is 125 Å². The molecule has 0 aliphatic carbocycles. The Kier molecular flexibility index (Phi) is 7.63. The molecular formula is C32H31N3O2. The van der Waals surface area contributed by atoms with E-state index < -0.39 is 0 Å². The van der Waals surface area contributed by atoms with Crippen molar-refractivity contribution in [3.8, 4) is 11.1 Å². The van der Waals surface area contributed by atoms with Gasteiger partial charge in [0.05, 0.1) is 5.71 Å². The lowest BCUT2D eigenvalue weighted by atomic mass is 9.87. The minimum absolute atomic E-state index is 0.0288. The maximum absolute atomic E-state index is 12.6. The van der Waals surface area contributed by atoms with Gasteiger partial charge >= 0.3 is 0 Å². The summed E-state index contributed by atoms with van der Waals surface area (Å²) in [7, 11) is 0. The average molecular weight is 490 g/mol. The standard InChI is InChI=1S/C32H31N3O2/c1-22(23-10-12-25(13-11-23)24-8-6-5-7-9-24)34-35-31(37)27-16-20-29(21-17-27)33-30(36)26-14-18-28(19-15-26)32(2,3)4/h5-21H,1-4H3,(H,33,36)(H,35,37). The first-order valence-corrected chi connectivity index (χ1v) is 12.2. The molecule has 5 nitrogen and oxygen atoms in total. The second-order valence-electron chi connectivity index (χ2n) is 9.94. The van der Waals surface area contributed by atoms with Gasteiger partial charge in [-0.15, -0.1) is 0 Å². The first kappa shape index (κ1) is 25.6. The van der Waals surface area contributed by atoms with Crippen molar-refractivity contribution in [2.24, 2.45) is 5.10 Å². The summed E-state index contributed by atoms with van der Waals surface area (Å²) in [5.41, 5.74) is 9.34. The molecule has 4 rings (SSSR count). The third-order valence-electron chi connectivity index (χ3n) is 6.15. The third-order valence-corrected chi connectivity index (χ3v) is 6.15. The molecule has 0 unspecified atom stereocenters. The molecule has 0 heterocycles. The third kappa shape index (κ3) is 6.58. The lowest BCUT2D eigenvalue weighted by Gasteiger charge is -2.19. The summed E-state index contributed by atoms with van der Waals surface area (Å²) in [5, 5.41) is 7.13. The van der Waals surface area contributed by atoms with Crippen molar-refractivity contribution in [1.82, 2.24) is 5.43 Å². The van der Waals surface area contributed by atoms with Gasteiger partial charge in [0.25, 0.3) is 11.8 Å². The van der Waals surface area contributed by atoms with Crippen LogP contribution in [0.2, 0.25) is 0 Å². The number of hydrogen-bond acceptors (Lipinski definition) is 3. The van der Waals surface area contributed by atoms with E-state index in [0.29, 0.717) is 22.5 Å². The van der Waals surface area contributed by atoms with Crippen LogP contribution in [0.15, 0.2) is 108 Å². The van der Waals surface area contributed by atoms with E-state index in [2.05, 4.69) is 48.7 Å². The van der Waals surface area contributed by atoms with Crippen LogP contribution in [0.5, 0.6) is 0 Å². The highest BCUT2D eigenvalue weighted by Gasteiger charge is 2.14. The number of hydrogen-bond donors (Lipinski definition) is 2. The Morgan fingerprint density at radius 1 is 0.622 bits per heavy atom. The zero-order chi connectivity index (χ0) is 26.4. The minimum Gasteiger partial charge on any atom is -0.322 e. The molecule has 0 saturated carbocycles. The highest BCUT2D eigenvalue weighted by Crippen LogP contribution is 2.23. The molecule has 4 aromatic carbocycles. The summed E-state index contributed by atoms with van der Waals surface area (Å²) in [6, 6.07) is 32.5.